The van der Waals surface area contributed by atoms with Crippen LogP contribution in [-0.2, 0) is 0 Å². The van der Waals surface area contributed by atoms with Crippen LogP contribution in [0, 0.1) is 51.4 Å². The Hall–Kier alpha value is -1.28. The molecule has 0 bridgehead atoms. The minimum atomic E-state index is -1.69. The number of benzene rings is 2. The van der Waals surface area contributed by atoms with E-state index in [1.54, 1.807) is 39.5 Å². The molecule has 4 aliphatic rings. The topological polar surface area (TPSA) is 0 Å². The Morgan fingerprint density at radius 3 is 2.27 bits per heavy atom. The number of aryl methyl sites for hydroxylation is 3. The Morgan fingerprint density at radius 1 is 0.795 bits per heavy atom. The quantitative estimate of drug-likeness (QED) is 0.187. The van der Waals surface area contributed by atoms with E-state index in [4.69, 9.17) is 0 Å². The van der Waals surface area contributed by atoms with Crippen LogP contribution in [0.25, 0.3) is 25.3 Å². The second kappa shape index (κ2) is 10.9. The summed E-state index contributed by atoms with van der Waals surface area (Å²) in [6.45, 7) is 20.6. The summed E-state index contributed by atoms with van der Waals surface area (Å²) in [6.07, 6.45) is 7.88. The van der Waals surface area contributed by atoms with Crippen molar-refractivity contribution in [1.29, 1.82) is 0 Å². The summed E-state index contributed by atoms with van der Waals surface area (Å²) in [5, 5.41) is 2.30. The summed E-state index contributed by atoms with van der Waals surface area (Å²) < 4.78 is 3.38. The van der Waals surface area contributed by atoms with Gasteiger partial charge in [0.25, 0.3) is 0 Å². The third-order valence-corrected chi connectivity index (χ3v) is 23.8. The Balaban J connectivity index is 1.24. The molecule has 0 radical (unpaired) electrons. The number of fused-ring (bicyclic) bond motifs is 5. The van der Waals surface area contributed by atoms with E-state index in [1.807, 2.05) is 11.3 Å². The van der Waals surface area contributed by atoms with E-state index in [2.05, 4.69) is 127 Å². The van der Waals surface area contributed by atoms with Crippen LogP contribution in [0.5, 0.6) is 0 Å². The van der Waals surface area contributed by atoms with Crippen LogP contribution in [0.2, 0.25) is 24.2 Å². The molecular weight excluding hydrogens is 700 g/mol. The van der Waals surface area contributed by atoms with Gasteiger partial charge in [-0.1, -0.05) is 18.2 Å². The van der Waals surface area contributed by atoms with E-state index in [-0.39, 0.29) is 20.4 Å². The molecule has 0 amide bonds. The van der Waals surface area contributed by atoms with Crippen molar-refractivity contribution in [3.05, 3.63) is 95.8 Å². The molecule has 2 saturated carbocycles. The van der Waals surface area contributed by atoms with E-state index in [9.17, 15) is 0 Å². The van der Waals surface area contributed by atoms with Gasteiger partial charge in [0.15, 0.2) is 0 Å². The van der Waals surface area contributed by atoms with E-state index in [1.165, 1.54) is 33.7 Å². The molecule has 3 aliphatic carbocycles. The van der Waals surface area contributed by atoms with Gasteiger partial charge in [0.1, 0.15) is 0 Å². The molecule has 0 nitrogen and oxygen atoms in total. The normalized spacial score (nSPS) is 31.2. The van der Waals surface area contributed by atoms with Gasteiger partial charge >= 0.3 is 268 Å². The van der Waals surface area contributed by atoms with E-state index in [0.29, 0.717) is 17.8 Å². The zero-order valence-corrected chi connectivity index (χ0v) is 32.5. The Bertz CT molecular complexity index is 1850. The average Bonchev–Trinajstić information content (AvgIpc) is 3.74. The molecule has 8 rings (SSSR count). The molecule has 44 heavy (non-hydrogen) atoms. The van der Waals surface area contributed by atoms with Gasteiger partial charge in [-0.05, 0) is 0 Å². The number of thioether (sulfide) groups is 1. The van der Waals surface area contributed by atoms with Crippen LogP contribution >= 0.6 is 23.1 Å². The molecule has 3 heterocycles. The maximum absolute atomic E-state index is 2.83. The summed E-state index contributed by atoms with van der Waals surface area (Å²) in [5.41, 5.74) is 11.4. The minimum absolute atomic E-state index is 0.282. The first-order valence-electron chi connectivity index (χ1n) is 16.8. The van der Waals surface area contributed by atoms with Gasteiger partial charge in [-0.2, -0.15) is 0 Å². The van der Waals surface area contributed by atoms with Gasteiger partial charge in [-0.15, -0.1) is 0 Å². The predicted octanol–water partition coefficient (Wildman–Crippen LogP) is 11.7. The van der Waals surface area contributed by atoms with E-state index >= 15 is 0 Å². The number of hydrogen-bond donors (Lipinski definition) is 0. The molecule has 4 heteroatoms. The van der Waals surface area contributed by atoms with Gasteiger partial charge in [-0.3, -0.25) is 0 Å². The van der Waals surface area contributed by atoms with Crippen LogP contribution < -0.4 is 0 Å². The molecular formula is C40H46S2SiTe. The van der Waals surface area contributed by atoms with Crippen LogP contribution in [0.4, 0.5) is 0 Å². The first-order chi connectivity index (χ1) is 21.1. The van der Waals surface area contributed by atoms with Crippen molar-refractivity contribution < 1.29 is 0 Å². The van der Waals surface area contributed by atoms with Crippen molar-refractivity contribution in [2.75, 3.05) is 0 Å². The maximum atomic E-state index is 2.83. The second-order valence-electron chi connectivity index (χ2n) is 15.1. The van der Waals surface area contributed by atoms with Gasteiger partial charge in [0.2, 0.25) is 0 Å². The van der Waals surface area contributed by atoms with Crippen molar-refractivity contribution in [3.63, 3.8) is 0 Å². The second-order valence-corrected chi connectivity index (χ2v) is 26.3. The monoisotopic (exact) mass is 748 g/mol. The third-order valence-electron chi connectivity index (χ3n) is 12.4. The van der Waals surface area contributed by atoms with Crippen molar-refractivity contribution in [2.24, 2.45) is 23.7 Å². The Labute approximate surface area is 284 Å². The zero-order chi connectivity index (χ0) is 30.7. The third kappa shape index (κ3) is 4.34. The van der Waals surface area contributed by atoms with Crippen LogP contribution in [0.3, 0.4) is 0 Å². The molecule has 8 unspecified atom stereocenters. The summed E-state index contributed by atoms with van der Waals surface area (Å²) in [7, 11) is -1.69. The van der Waals surface area contributed by atoms with Crippen molar-refractivity contribution >= 4 is 76.9 Å². The van der Waals surface area contributed by atoms with Crippen molar-refractivity contribution in [1.82, 2.24) is 0 Å². The fourth-order valence-corrected chi connectivity index (χ4v) is 24.4. The molecule has 1 aliphatic heterocycles. The Morgan fingerprint density at radius 2 is 1.50 bits per heavy atom. The fourth-order valence-electron chi connectivity index (χ4n) is 10.9. The van der Waals surface area contributed by atoms with Gasteiger partial charge in [0.05, 0.1) is 0 Å². The number of thiophene rings is 1. The molecule has 0 spiro atoms. The predicted molar refractivity (Wildman–Crippen MR) is 200 cm³/mol. The molecule has 0 saturated heterocycles. The number of hydrogen-bond acceptors (Lipinski definition) is 2. The molecule has 2 aromatic carbocycles. The molecule has 2 fully saturated rings. The van der Waals surface area contributed by atoms with Crippen molar-refractivity contribution in [2.45, 2.75) is 89.7 Å². The van der Waals surface area contributed by atoms with Gasteiger partial charge < -0.3 is 0 Å². The summed E-state index contributed by atoms with van der Waals surface area (Å²) in [4.78, 5) is 4.70. The molecule has 2 aromatic heterocycles. The summed E-state index contributed by atoms with van der Waals surface area (Å²) >= 11 is 4.09. The van der Waals surface area contributed by atoms with Crippen LogP contribution in [0.1, 0.15) is 73.8 Å². The summed E-state index contributed by atoms with van der Waals surface area (Å²) in [5.74, 6) is 3.70. The number of allylic oxidation sites excluding steroid dienone is 2. The molecule has 0 N–H and O–H groups in total. The van der Waals surface area contributed by atoms with Gasteiger partial charge in [-0.25, -0.2) is 0 Å². The van der Waals surface area contributed by atoms with Crippen LogP contribution in [0.15, 0.2) is 54.6 Å². The number of rotatable bonds is 4. The van der Waals surface area contributed by atoms with Gasteiger partial charge in [0, 0.05) is 0 Å². The Kier molecular flexibility index (Phi) is 7.44. The first kappa shape index (κ1) is 30.1. The average molecular weight is 747 g/mol. The molecule has 228 valence electrons. The molecule has 8 atom stereocenters. The zero-order valence-electron chi connectivity index (χ0n) is 27.5. The van der Waals surface area contributed by atoms with Crippen LogP contribution in [-0.4, -0.2) is 33.8 Å². The van der Waals surface area contributed by atoms with E-state index < -0.39 is 8.07 Å². The SMILES string of the molecule is Cc1sc(C)c(C2=C(c3c(C)[te]c4ccccc34)C3CC(C)C([Si](C)(C)C4C(C)CC5c6ccccc6C=CC54)C3S2)c1C. The molecule has 4 aromatic rings. The van der Waals surface area contributed by atoms with E-state index in [0.717, 1.165) is 28.2 Å². The van der Waals surface area contributed by atoms with Crippen molar-refractivity contribution in [3.8, 4) is 0 Å². The standard InChI is InChI=1S/C40H46S2SiTe/c1-21-19-31-28-14-10-9-13-27(28)17-18-29(31)39(21)43(7,8)40-22(2)20-32-36(35-26(6)44-33-16-12-11-15-30(33)35)38(42-37(32)40)34-23(3)24(4)41-25(34)5/h9-18,21-22,29,31-32,37,39-40H,19-20H2,1-8H3. The summed E-state index contributed by atoms with van der Waals surface area (Å²) in [6, 6.07) is 18.7. The first-order valence-corrected chi connectivity index (χ1v) is 24.0. The fraction of sp³-hybridized carbons (Fsp3) is 0.450.